The van der Waals surface area contributed by atoms with Crippen molar-refractivity contribution in [3.8, 4) is 17.2 Å². The molecule has 7 heteroatoms. The highest BCUT2D eigenvalue weighted by atomic mass is 16.5. The quantitative estimate of drug-likeness (QED) is 0.509. The molecule has 0 radical (unpaired) electrons. The van der Waals surface area contributed by atoms with Gasteiger partial charge in [-0.3, -0.25) is 0 Å². The van der Waals surface area contributed by atoms with Gasteiger partial charge < -0.3 is 24.8 Å². The molecule has 7 nitrogen and oxygen atoms in total. The Morgan fingerprint density at radius 1 is 0.909 bits per heavy atom. The third kappa shape index (κ3) is 5.33. The monoisotopic (exact) mass is 444 g/mol. The van der Waals surface area contributed by atoms with Crippen molar-refractivity contribution in [3.05, 3.63) is 101 Å². The molecule has 0 spiro atoms. The van der Waals surface area contributed by atoms with Gasteiger partial charge in [-0.25, -0.2) is 9.59 Å². The summed E-state index contributed by atoms with van der Waals surface area (Å²) in [6.07, 6.45) is 0. The Labute approximate surface area is 192 Å². The highest BCUT2D eigenvalue weighted by molar-refractivity contribution is 5.95. The van der Waals surface area contributed by atoms with E-state index in [4.69, 9.17) is 14.2 Å². The van der Waals surface area contributed by atoms with Crippen molar-refractivity contribution in [2.75, 3.05) is 7.11 Å². The van der Waals surface area contributed by atoms with E-state index in [9.17, 15) is 9.59 Å². The second-order valence-corrected chi connectivity index (χ2v) is 7.48. The molecule has 0 fully saturated rings. The summed E-state index contributed by atoms with van der Waals surface area (Å²) in [5.41, 5.74) is 2.30. The second-order valence-electron chi connectivity index (χ2n) is 7.48. The van der Waals surface area contributed by atoms with E-state index in [1.54, 1.807) is 32.2 Å². The van der Waals surface area contributed by atoms with Gasteiger partial charge in [-0.1, -0.05) is 42.5 Å². The summed E-state index contributed by atoms with van der Waals surface area (Å²) in [6.45, 7) is 1.78. The lowest BCUT2D eigenvalue weighted by Crippen LogP contribution is -2.45. The van der Waals surface area contributed by atoms with Crippen LogP contribution in [0.15, 0.2) is 90.1 Å². The van der Waals surface area contributed by atoms with Gasteiger partial charge in [0.05, 0.1) is 18.7 Å². The molecule has 0 saturated heterocycles. The van der Waals surface area contributed by atoms with Crippen molar-refractivity contribution in [1.29, 1.82) is 0 Å². The summed E-state index contributed by atoms with van der Waals surface area (Å²) < 4.78 is 16.6. The molecule has 1 unspecified atom stereocenters. The molecule has 0 saturated carbocycles. The van der Waals surface area contributed by atoms with Gasteiger partial charge in [-0.2, -0.15) is 0 Å². The summed E-state index contributed by atoms with van der Waals surface area (Å²) in [4.78, 5) is 25.2. The molecule has 0 aromatic heterocycles. The number of amides is 2. The maximum atomic E-state index is 13.0. The number of carbonyl (C=O) groups excluding carboxylic acids is 2. The van der Waals surface area contributed by atoms with Crippen LogP contribution in [0.2, 0.25) is 0 Å². The normalized spacial score (nSPS) is 15.3. The lowest BCUT2D eigenvalue weighted by molar-refractivity contribution is -0.140. The lowest BCUT2D eigenvalue weighted by atomic mass is 9.95. The summed E-state index contributed by atoms with van der Waals surface area (Å²) in [5.74, 6) is 1.49. The summed E-state index contributed by atoms with van der Waals surface area (Å²) >= 11 is 0. The van der Waals surface area contributed by atoms with E-state index in [1.165, 1.54) is 0 Å². The maximum Gasteiger partial charge on any atom is 0.338 e. The minimum Gasteiger partial charge on any atom is -0.497 e. The van der Waals surface area contributed by atoms with Crippen LogP contribution >= 0.6 is 0 Å². The Morgan fingerprint density at radius 2 is 1.64 bits per heavy atom. The average molecular weight is 444 g/mol. The molecule has 1 aliphatic heterocycles. The van der Waals surface area contributed by atoms with Gasteiger partial charge in [-0.05, 0) is 54.4 Å². The molecule has 2 N–H and O–H groups in total. The number of para-hydroxylation sites is 1. The third-order valence-corrected chi connectivity index (χ3v) is 5.19. The number of urea groups is 1. The molecule has 3 aromatic carbocycles. The zero-order chi connectivity index (χ0) is 23.2. The van der Waals surface area contributed by atoms with Gasteiger partial charge in [-0.15, -0.1) is 0 Å². The molecule has 33 heavy (non-hydrogen) atoms. The number of rotatable bonds is 7. The van der Waals surface area contributed by atoms with E-state index < -0.39 is 18.0 Å². The maximum absolute atomic E-state index is 13.0. The fourth-order valence-electron chi connectivity index (χ4n) is 3.55. The van der Waals surface area contributed by atoms with Crippen molar-refractivity contribution in [2.24, 2.45) is 0 Å². The van der Waals surface area contributed by atoms with Crippen LogP contribution in [0.25, 0.3) is 0 Å². The molecular formula is C26H24N2O5. The fraction of sp³-hybridized carbons (Fsp3) is 0.154. The first-order chi connectivity index (χ1) is 16.0. The number of carbonyl (C=O) groups is 2. The van der Waals surface area contributed by atoms with Crippen LogP contribution in [0, 0.1) is 0 Å². The van der Waals surface area contributed by atoms with Crippen LogP contribution in [0.1, 0.15) is 24.1 Å². The predicted octanol–water partition coefficient (Wildman–Crippen LogP) is 4.86. The van der Waals surface area contributed by atoms with Gasteiger partial charge in [0.2, 0.25) is 0 Å². The van der Waals surface area contributed by atoms with Crippen molar-refractivity contribution < 1.29 is 23.8 Å². The number of esters is 1. The first-order valence-corrected chi connectivity index (χ1v) is 10.4. The molecular weight excluding hydrogens is 420 g/mol. The molecule has 1 aliphatic rings. The Kier molecular flexibility index (Phi) is 6.59. The van der Waals surface area contributed by atoms with E-state index in [2.05, 4.69) is 10.6 Å². The number of hydrogen-bond donors (Lipinski definition) is 2. The van der Waals surface area contributed by atoms with Gasteiger partial charge in [0.25, 0.3) is 0 Å². The SMILES string of the molecule is COc1ccc(COC(=O)C2=C(C)NC(=O)NC2c2cccc(Oc3ccccc3)c2)cc1. The number of ether oxygens (including phenoxy) is 3. The van der Waals surface area contributed by atoms with E-state index in [-0.39, 0.29) is 6.61 Å². The molecule has 168 valence electrons. The number of nitrogens with one attached hydrogen (secondary N) is 2. The minimum atomic E-state index is -0.679. The zero-order valence-corrected chi connectivity index (χ0v) is 18.3. The van der Waals surface area contributed by atoms with Gasteiger partial charge in [0, 0.05) is 5.70 Å². The van der Waals surface area contributed by atoms with Crippen molar-refractivity contribution in [2.45, 2.75) is 19.6 Å². The zero-order valence-electron chi connectivity index (χ0n) is 18.3. The molecule has 4 rings (SSSR count). The molecule has 1 atom stereocenters. The molecule has 2 amide bonds. The second kappa shape index (κ2) is 9.91. The molecule has 0 aliphatic carbocycles. The highest BCUT2D eigenvalue weighted by Gasteiger charge is 2.32. The van der Waals surface area contributed by atoms with Crippen LogP contribution in [0.3, 0.4) is 0 Å². The van der Waals surface area contributed by atoms with Crippen LogP contribution in [-0.4, -0.2) is 19.1 Å². The largest absolute Gasteiger partial charge is 0.497 e. The lowest BCUT2D eigenvalue weighted by Gasteiger charge is -2.28. The van der Waals surface area contributed by atoms with E-state index >= 15 is 0 Å². The van der Waals surface area contributed by atoms with Crippen LogP contribution < -0.4 is 20.1 Å². The van der Waals surface area contributed by atoms with E-state index in [0.29, 0.717) is 28.3 Å². The van der Waals surface area contributed by atoms with Crippen molar-refractivity contribution in [1.82, 2.24) is 10.6 Å². The topological polar surface area (TPSA) is 85.9 Å². The van der Waals surface area contributed by atoms with Crippen molar-refractivity contribution in [3.63, 3.8) is 0 Å². The number of allylic oxidation sites excluding steroid dienone is 1. The smallest absolute Gasteiger partial charge is 0.338 e. The number of benzene rings is 3. The molecule has 3 aromatic rings. The van der Waals surface area contributed by atoms with E-state index in [1.807, 2.05) is 60.7 Å². The summed E-state index contributed by atoms with van der Waals surface area (Å²) in [5, 5.41) is 5.48. The minimum absolute atomic E-state index is 0.0947. The van der Waals surface area contributed by atoms with Crippen molar-refractivity contribution >= 4 is 12.0 Å². The third-order valence-electron chi connectivity index (χ3n) is 5.19. The molecule has 1 heterocycles. The fourth-order valence-corrected chi connectivity index (χ4v) is 3.55. The number of methoxy groups -OCH3 is 1. The Morgan fingerprint density at radius 3 is 2.36 bits per heavy atom. The Hall–Kier alpha value is -4.26. The standard InChI is InChI=1S/C26H24N2O5/c1-17-23(25(29)32-16-18-11-13-20(31-2)14-12-18)24(28-26(30)27-17)19-7-6-10-22(15-19)33-21-8-4-3-5-9-21/h3-15,24H,16H2,1-2H3,(H2,27,28,30). The summed E-state index contributed by atoms with van der Waals surface area (Å²) in [6, 6.07) is 22.8. The van der Waals surface area contributed by atoms with Gasteiger partial charge in [0.15, 0.2) is 0 Å². The first kappa shape index (κ1) is 22.0. The molecule has 0 bridgehead atoms. The predicted molar refractivity (Wildman–Crippen MR) is 123 cm³/mol. The van der Waals surface area contributed by atoms with Gasteiger partial charge in [0.1, 0.15) is 23.9 Å². The average Bonchev–Trinajstić information content (AvgIpc) is 2.83. The Bertz CT molecular complexity index is 1170. The van der Waals surface area contributed by atoms with E-state index in [0.717, 1.165) is 11.3 Å². The highest BCUT2D eigenvalue weighted by Crippen LogP contribution is 2.31. The van der Waals surface area contributed by atoms with Crippen LogP contribution in [0.4, 0.5) is 4.79 Å². The van der Waals surface area contributed by atoms with Gasteiger partial charge >= 0.3 is 12.0 Å². The van der Waals surface area contributed by atoms with Crippen LogP contribution in [0.5, 0.6) is 17.2 Å². The first-order valence-electron chi connectivity index (χ1n) is 10.4. The summed E-state index contributed by atoms with van der Waals surface area (Å²) in [7, 11) is 1.59. The van der Waals surface area contributed by atoms with Crippen LogP contribution in [-0.2, 0) is 16.1 Å². The Balaban J connectivity index is 1.54. The number of hydrogen-bond acceptors (Lipinski definition) is 5.